The lowest BCUT2D eigenvalue weighted by Crippen LogP contribution is -2.21. The van der Waals surface area contributed by atoms with E-state index in [-0.39, 0.29) is 5.82 Å². The van der Waals surface area contributed by atoms with Crippen molar-refractivity contribution in [1.29, 1.82) is 0 Å². The first-order valence-corrected chi connectivity index (χ1v) is 11.8. The first kappa shape index (κ1) is 22.6. The number of benzene rings is 1. The van der Waals surface area contributed by atoms with Gasteiger partial charge in [0, 0.05) is 35.9 Å². The molecule has 1 aliphatic heterocycles. The van der Waals surface area contributed by atoms with Crippen LogP contribution in [0.2, 0.25) is 0 Å². The van der Waals surface area contributed by atoms with Crippen molar-refractivity contribution < 1.29 is 13.1 Å². The van der Waals surface area contributed by atoms with Crippen molar-refractivity contribution in [3.8, 4) is 0 Å². The second kappa shape index (κ2) is 9.53. The van der Waals surface area contributed by atoms with E-state index in [0.717, 1.165) is 55.0 Å². The molecule has 5 nitrogen and oxygen atoms in total. The summed E-state index contributed by atoms with van der Waals surface area (Å²) in [4.78, 5) is 0. The summed E-state index contributed by atoms with van der Waals surface area (Å²) < 4.78 is 22.8. The summed E-state index contributed by atoms with van der Waals surface area (Å²) in [6.07, 6.45) is 5.85. The molecule has 2 unspecified atom stereocenters. The second-order valence-corrected chi connectivity index (χ2v) is 9.65. The molecular weight excluding hydrogens is 423 g/mol. The molecule has 1 aromatic heterocycles. The van der Waals surface area contributed by atoms with Crippen molar-refractivity contribution >= 4 is 23.9 Å². The quantitative estimate of drug-likeness (QED) is 0.393. The molecule has 1 aliphatic carbocycles. The molecule has 4 rings (SSSR count). The van der Waals surface area contributed by atoms with Gasteiger partial charge in [0.1, 0.15) is 5.76 Å². The highest BCUT2D eigenvalue weighted by Gasteiger charge is 2.31. The number of hydrogen-bond acceptors (Lipinski definition) is 4. The summed E-state index contributed by atoms with van der Waals surface area (Å²) in [6.45, 7) is 11.7. The molecule has 0 saturated heterocycles. The van der Waals surface area contributed by atoms with Gasteiger partial charge in [0.15, 0.2) is 24.7 Å². The Labute approximate surface area is 194 Å². The Morgan fingerprint density at radius 3 is 2.97 bits per heavy atom. The van der Waals surface area contributed by atoms with E-state index in [2.05, 4.69) is 35.9 Å². The van der Waals surface area contributed by atoms with Crippen LogP contribution in [0.25, 0.3) is 0 Å². The van der Waals surface area contributed by atoms with Crippen LogP contribution in [0.1, 0.15) is 62.8 Å². The molecule has 2 aliphatic rings. The number of H-pyrrole nitrogens is 1. The van der Waals surface area contributed by atoms with E-state index >= 15 is 4.39 Å². The van der Waals surface area contributed by atoms with Crippen molar-refractivity contribution in [3.05, 3.63) is 65.0 Å². The average Bonchev–Trinajstić information content (AvgIpc) is 3.43. The summed E-state index contributed by atoms with van der Waals surface area (Å²) >= 11 is 5.24. The molecule has 32 heavy (non-hydrogen) atoms. The highest BCUT2D eigenvalue weighted by atomic mass is 32.1. The Bertz CT molecular complexity index is 1060. The van der Waals surface area contributed by atoms with Gasteiger partial charge < -0.3 is 10.1 Å². The number of allylic oxidation sites excluding steroid dienone is 3. The fourth-order valence-electron chi connectivity index (χ4n) is 4.71. The largest absolute Gasteiger partial charge is 0.466 e. The first-order chi connectivity index (χ1) is 15.4. The summed E-state index contributed by atoms with van der Waals surface area (Å²) in [5.74, 6) is 3.23. The zero-order valence-corrected chi connectivity index (χ0v) is 19.9. The summed E-state index contributed by atoms with van der Waals surface area (Å²) in [7, 11) is 0. The number of halogens is 1. The van der Waals surface area contributed by atoms with E-state index in [1.54, 1.807) is 10.0 Å². The van der Waals surface area contributed by atoms with E-state index in [1.165, 1.54) is 0 Å². The van der Waals surface area contributed by atoms with Gasteiger partial charge in [0.05, 0.1) is 17.0 Å². The molecule has 2 heterocycles. The van der Waals surface area contributed by atoms with E-state index in [0.29, 0.717) is 41.4 Å². The van der Waals surface area contributed by atoms with Crippen molar-refractivity contribution in [2.45, 2.75) is 58.9 Å². The monoisotopic (exact) mass is 455 g/mol. The minimum atomic E-state index is -0.235. The van der Waals surface area contributed by atoms with Crippen LogP contribution in [-0.2, 0) is 30.1 Å². The van der Waals surface area contributed by atoms with Gasteiger partial charge in [-0.15, -0.1) is 0 Å². The number of fused-ring (bicyclic) bond motifs is 1. The second-order valence-electron chi connectivity index (χ2n) is 9.13. The molecule has 0 spiro atoms. The molecule has 0 radical (unpaired) electrons. The number of hydrogen-bond donors (Lipinski definition) is 2. The number of aromatic nitrogens is 2. The average molecular weight is 456 g/mol. The Hall–Kier alpha value is -2.54. The lowest BCUT2D eigenvalue weighted by Gasteiger charge is -2.19. The number of rotatable bonds is 7. The van der Waals surface area contributed by atoms with Gasteiger partial charge in [-0.2, -0.15) is 9.04 Å². The summed E-state index contributed by atoms with van der Waals surface area (Å²) in [6, 6.07) is 5.77. The minimum Gasteiger partial charge on any atom is -0.466 e. The van der Waals surface area contributed by atoms with E-state index in [4.69, 9.17) is 17.2 Å². The number of nitrogens with one attached hydrogen (secondary N) is 2. The standard InChI is InChI=1S/C25H32FN4OS/c1-5-23(15(2)3)31-16(4)18-6-7-19(12-18)22-13-24(29-28-22)27-21-9-8-17-10-11-30(32)14-20(17)25(21)26/h5,8-9,13,15,18-19H,4,6-7,10-12,14H2,1-3H3,(H2,27,28,29)/q+1/b23-5-. The predicted molar refractivity (Wildman–Crippen MR) is 127 cm³/mol. The lowest BCUT2D eigenvalue weighted by molar-refractivity contribution is -0.518. The fraction of sp³-hybridized carbons (Fsp3) is 0.480. The molecular formula is C25H32FN4OS+. The number of ether oxygens (including phenoxy) is 1. The molecule has 2 aromatic rings. The van der Waals surface area contributed by atoms with Gasteiger partial charge in [-0.3, -0.25) is 5.10 Å². The van der Waals surface area contributed by atoms with Crippen LogP contribution in [0, 0.1) is 17.7 Å². The maximum absolute atomic E-state index is 15.0. The Morgan fingerprint density at radius 2 is 2.22 bits per heavy atom. The Morgan fingerprint density at radius 1 is 1.41 bits per heavy atom. The maximum Gasteiger partial charge on any atom is 0.263 e. The molecule has 1 aromatic carbocycles. The van der Waals surface area contributed by atoms with Gasteiger partial charge in [0.2, 0.25) is 0 Å². The van der Waals surface area contributed by atoms with Crippen molar-refractivity contribution in [1.82, 2.24) is 10.2 Å². The van der Waals surface area contributed by atoms with Crippen molar-refractivity contribution in [2.75, 3.05) is 11.9 Å². The fourth-order valence-corrected chi connectivity index (χ4v) is 4.93. The van der Waals surface area contributed by atoms with E-state index in [1.807, 2.05) is 25.1 Å². The van der Waals surface area contributed by atoms with Crippen molar-refractivity contribution in [2.24, 2.45) is 11.8 Å². The molecule has 0 bridgehead atoms. The topological polar surface area (TPSA) is 52.9 Å². The first-order valence-electron chi connectivity index (χ1n) is 11.4. The van der Waals surface area contributed by atoms with Crippen molar-refractivity contribution in [3.63, 3.8) is 0 Å². The van der Waals surface area contributed by atoms with E-state index in [9.17, 15) is 0 Å². The Balaban J connectivity index is 1.40. The Kier molecular flexibility index (Phi) is 6.74. The third-order valence-corrected chi connectivity index (χ3v) is 6.91. The number of aromatic amines is 1. The molecule has 0 amide bonds. The highest BCUT2D eigenvalue weighted by Crippen LogP contribution is 2.42. The molecule has 1 fully saturated rings. The maximum atomic E-state index is 15.0. The van der Waals surface area contributed by atoms with Gasteiger partial charge in [-0.1, -0.05) is 26.5 Å². The van der Waals surface area contributed by atoms with Crippen LogP contribution in [-0.4, -0.2) is 20.7 Å². The zero-order valence-electron chi connectivity index (χ0n) is 19.1. The van der Waals surface area contributed by atoms with E-state index < -0.39 is 0 Å². The van der Waals surface area contributed by atoms with Gasteiger partial charge >= 0.3 is 0 Å². The van der Waals surface area contributed by atoms with Crippen LogP contribution >= 0.6 is 0 Å². The minimum absolute atomic E-state index is 0.235. The highest BCUT2D eigenvalue weighted by molar-refractivity contribution is 7.44. The van der Waals surface area contributed by atoms with Crippen LogP contribution < -0.4 is 5.32 Å². The zero-order chi connectivity index (χ0) is 22.8. The van der Waals surface area contributed by atoms with Crippen LogP contribution in [0.3, 0.4) is 0 Å². The number of anilines is 2. The summed E-state index contributed by atoms with van der Waals surface area (Å²) in [5.41, 5.74) is 3.22. The summed E-state index contributed by atoms with van der Waals surface area (Å²) in [5, 5.41) is 10.7. The molecule has 2 atom stereocenters. The molecule has 7 heteroatoms. The SMILES string of the molecule is C=C(O/C(=C\C)C(C)C)C1CCC(c2cc(Nc3ccc4c(c3F)C[N+](=S)CC4)n[nH]2)C1. The molecule has 1 saturated carbocycles. The third kappa shape index (κ3) is 4.77. The van der Waals surface area contributed by atoms with Crippen LogP contribution in [0.4, 0.5) is 15.9 Å². The van der Waals surface area contributed by atoms with Gasteiger partial charge in [-0.25, -0.2) is 4.39 Å². The normalized spacial score (nSPS) is 21.0. The smallest absolute Gasteiger partial charge is 0.263 e. The predicted octanol–water partition coefficient (Wildman–Crippen LogP) is 6.07. The van der Waals surface area contributed by atoms with Gasteiger partial charge in [0.25, 0.3) is 12.4 Å². The lowest BCUT2D eigenvalue weighted by atomic mass is 9.99. The molecule has 170 valence electrons. The third-order valence-electron chi connectivity index (χ3n) is 6.60. The van der Waals surface area contributed by atoms with Gasteiger partial charge in [-0.05, 0) is 43.9 Å². The van der Waals surface area contributed by atoms with Crippen LogP contribution in [0.5, 0.6) is 0 Å². The number of nitrogens with zero attached hydrogens (tertiary/aromatic N) is 2. The van der Waals surface area contributed by atoms with Crippen LogP contribution in [0.15, 0.2) is 42.4 Å². The molecule has 2 N–H and O–H groups in total.